The molecule has 0 spiro atoms. The molecule has 0 aliphatic rings. The van der Waals surface area contributed by atoms with Gasteiger partial charge in [-0.3, -0.25) is 4.79 Å². The van der Waals surface area contributed by atoms with E-state index in [0.717, 1.165) is 6.42 Å². The molecule has 0 saturated carbocycles. The van der Waals surface area contributed by atoms with Crippen molar-refractivity contribution in [3.63, 3.8) is 0 Å². The number of rotatable bonds is 3. The predicted molar refractivity (Wildman–Crippen MR) is 61.5 cm³/mol. The first kappa shape index (κ1) is 12.2. The van der Waals surface area contributed by atoms with Crippen LogP contribution in [0.5, 0.6) is 0 Å². The lowest BCUT2D eigenvalue weighted by Crippen LogP contribution is -2.24. The molecule has 1 rings (SSSR count). The summed E-state index contributed by atoms with van der Waals surface area (Å²) in [5, 5.41) is 2.70. The molecule has 1 aromatic carbocycles. The van der Waals surface area contributed by atoms with Crippen LogP contribution < -0.4 is 5.32 Å². The number of hydrogen-bond donors (Lipinski definition) is 1. The number of hydrogen-bond acceptors (Lipinski definition) is 1. The molecule has 4 heteroatoms. The third-order valence-corrected chi connectivity index (χ3v) is 2.68. The number of carbonyl (C=O) groups excluding carboxylic acids is 1. The fourth-order valence-corrected chi connectivity index (χ4v) is 1.79. The van der Waals surface area contributed by atoms with E-state index in [2.05, 4.69) is 21.2 Å². The summed E-state index contributed by atoms with van der Waals surface area (Å²) in [6, 6.07) is 2.86. The number of nitrogens with one attached hydrogen (secondary N) is 1. The lowest BCUT2D eigenvalue weighted by atomic mass is 10.1. The van der Waals surface area contributed by atoms with E-state index in [4.69, 9.17) is 0 Å². The Morgan fingerprint density at radius 2 is 2.20 bits per heavy atom. The molecular weight excluding hydrogens is 261 g/mol. The van der Waals surface area contributed by atoms with Crippen molar-refractivity contribution < 1.29 is 9.18 Å². The summed E-state index contributed by atoms with van der Waals surface area (Å²) < 4.78 is 13.9. The zero-order valence-electron chi connectivity index (χ0n) is 8.73. The van der Waals surface area contributed by atoms with Crippen molar-refractivity contribution in [2.75, 3.05) is 6.54 Å². The average Bonchev–Trinajstić information content (AvgIpc) is 2.20. The van der Waals surface area contributed by atoms with E-state index in [-0.39, 0.29) is 11.7 Å². The summed E-state index contributed by atoms with van der Waals surface area (Å²) in [5.41, 5.74) is 0.862. The van der Waals surface area contributed by atoms with Crippen LogP contribution >= 0.6 is 15.9 Å². The van der Waals surface area contributed by atoms with Gasteiger partial charge in [0.05, 0.1) is 5.56 Å². The third kappa shape index (κ3) is 3.02. The smallest absolute Gasteiger partial charge is 0.252 e. The molecule has 1 amide bonds. The fraction of sp³-hybridized carbons (Fsp3) is 0.364. The largest absolute Gasteiger partial charge is 0.352 e. The Morgan fingerprint density at radius 3 is 2.80 bits per heavy atom. The zero-order valence-corrected chi connectivity index (χ0v) is 10.3. The standard InChI is InChI=1S/C11H13BrFNO/c1-3-4-14-11(15)8-6-10(13)7(2)5-9(8)12/h5-6H,3-4H2,1-2H3,(H,14,15). The van der Waals surface area contributed by atoms with Gasteiger partial charge in [0.25, 0.3) is 5.91 Å². The maximum atomic E-state index is 13.2. The molecule has 1 aromatic rings. The molecule has 0 saturated heterocycles. The first-order valence-corrected chi connectivity index (χ1v) is 5.59. The molecule has 0 aliphatic heterocycles. The summed E-state index contributed by atoms with van der Waals surface area (Å²) in [7, 11) is 0. The van der Waals surface area contributed by atoms with Gasteiger partial charge < -0.3 is 5.32 Å². The van der Waals surface area contributed by atoms with Crippen molar-refractivity contribution in [1.82, 2.24) is 5.32 Å². The van der Waals surface area contributed by atoms with E-state index in [1.54, 1.807) is 13.0 Å². The number of benzene rings is 1. The third-order valence-electron chi connectivity index (χ3n) is 2.03. The molecule has 2 nitrogen and oxygen atoms in total. The highest BCUT2D eigenvalue weighted by atomic mass is 79.9. The molecule has 0 radical (unpaired) electrons. The maximum absolute atomic E-state index is 13.2. The highest BCUT2D eigenvalue weighted by Crippen LogP contribution is 2.20. The quantitative estimate of drug-likeness (QED) is 0.901. The van der Waals surface area contributed by atoms with Gasteiger partial charge >= 0.3 is 0 Å². The molecule has 0 heterocycles. The van der Waals surface area contributed by atoms with E-state index in [9.17, 15) is 9.18 Å². The molecule has 0 atom stereocenters. The van der Waals surface area contributed by atoms with Gasteiger partial charge in [0.15, 0.2) is 0 Å². The second-order valence-corrected chi connectivity index (χ2v) is 4.19. The Kier molecular flexibility index (Phi) is 4.27. The second kappa shape index (κ2) is 5.26. The first-order chi connectivity index (χ1) is 7.06. The zero-order chi connectivity index (χ0) is 11.4. The van der Waals surface area contributed by atoms with E-state index >= 15 is 0 Å². The Morgan fingerprint density at radius 1 is 1.53 bits per heavy atom. The van der Waals surface area contributed by atoms with Gasteiger partial charge in [-0.2, -0.15) is 0 Å². The van der Waals surface area contributed by atoms with Crippen molar-refractivity contribution in [3.8, 4) is 0 Å². The summed E-state index contributed by atoms with van der Waals surface area (Å²) in [5.74, 6) is -0.609. The van der Waals surface area contributed by atoms with E-state index < -0.39 is 0 Å². The monoisotopic (exact) mass is 273 g/mol. The maximum Gasteiger partial charge on any atom is 0.252 e. The van der Waals surface area contributed by atoms with Crippen molar-refractivity contribution in [2.45, 2.75) is 20.3 Å². The number of carbonyl (C=O) groups is 1. The summed E-state index contributed by atoms with van der Waals surface area (Å²) in [6.07, 6.45) is 0.859. The normalized spacial score (nSPS) is 10.1. The van der Waals surface area contributed by atoms with Gasteiger partial charge in [0.2, 0.25) is 0 Å². The van der Waals surface area contributed by atoms with Crippen LogP contribution in [0, 0.1) is 12.7 Å². The second-order valence-electron chi connectivity index (χ2n) is 3.34. The molecule has 0 unspecified atom stereocenters. The van der Waals surface area contributed by atoms with Crippen molar-refractivity contribution in [3.05, 3.63) is 33.5 Å². The van der Waals surface area contributed by atoms with Crippen LogP contribution in [-0.4, -0.2) is 12.5 Å². The lowest BCUT2D eigenvalue weighted by Gasteiger charge is -2.07. The van der Waals surface area contributed by atoms with Crippen LogP contribution in [0.1, 0.15) is 29.3 Å². The molecule has 0 aliphatic carbocycles. The van der Waals surface area contributed by atoms with Gasteiger partial charge in [0, 0.05) is 11.0 Å². The van der Waals surface area contributed by atoms with Crippen molar-refractivity contribution in [2.24, 2.45) is 0 Å². The number of aryl methyl sites for hydroxylation is 1. The van der Waals surface area contributed by atoms with Crippen molar-refractivity contribution in [1.29, 1.82) is 0 Å². The number of amides is 1. The van der Waals surface area contributed by atoms with Crippen LogP contribution in [0.15, 0.2) is 16.6 Å². The van der Waals surface area contributed by atoms with E-state index in [1.807, 2.05) is 6.92 Å². The topological polar surface area (TPSA) is 29.1 Å². The minimum Gasteiger partial charge on any atom is -0.352 e. The summed E-state index contributed by atoms with van der Waals surface area (Å²) in [4.78, 5) is 11.6. The Bertz CT molecular complexity index is 379. The van der Waals surface area contributed by atoms with Gasteiger partial charge in [-0.25, -0.2) is 4.39 Å². The van der Waals surface area contributed by atoms with Crippen LogP contribution in [0.4, 0.5) is 4.39 Å². The molecule has 0 fully saturated rings. The SMILES string of the molecule is CCCNC(=O)c1cc(F)c(C)cc1Br. The molecular formula is C11H13BrFNO. The molecule has 0 bridgehead atoms. The highest BCUT2D eigenvalue weighted by Gasteiger charge is 2.12. The lowest BCUT2D eigenvalue weighted by molar-refractivity contribution is 0.0952. The number of halogens is 2. The van der Waals surface area contributed by atoms with Gasteiger partial charge in [-0.1, -0.05) is 6.92 Å². The Hall–Kier alpha value is -0.900. The minimum absolute atomic E-state index is 0.248. The van der Waals surface area contributed by atoms with E-state index in [1.165, 1.54) is 6.07 Å². The Labute approximate surface area is 97.0 Å². The molecule has 82 valence electrons. The fourth-order valence-electron chi connectivity index (χ4n) is 1.15. The van der Waals surface area contributed by atoms with Gasteiger partial charge in [0.1, 0.15) is 5.82 Å². The van der Waals surface area contributed by atoms with Gasteiger partial charge in [-0.15, -0.1) is 0 Å². The van der Waals surface area contributed by atoms with Gasteiger partial charge in [-0.05, 0) is 47.0 Å². The summed E-state index contributed by atoms with van der Waals surface area (Å²) in [6.45, 7) is 4.22. The molecule has 15 heavy (non-hydrogen) atoms. The van der Waals surface area contributed by atoms with Crippen LogP contribution in [-0.2, 0) is 0 Å². The molecule has 1 N–H and O–H groups in total. The molecule has 0 aromatic heterocycles. The van der Waals surface area contributed by atoms with Crippen LogP contribution in [0.25, 0.3) is 0 Å². The van der Waals surface area contributed by atoms with E-state index in [0.29, 0.717) is 22.1 Å². The Balaban J connectivity index is 2.94. The van der Waals surface area contributed by atoms with Crippen molar-refractivity contribution >= 4 is 21.8 Å². The van der Waals surface area contributed by atoms with Crippen LogP contribution in [0.2, 0.25) is 0 Å². The predicted octanol–water partition coefficient (Wildman–Crippen LogP) is 3.04. The minimum atomic E-state index is -0.361. The van der Waals surface area contributed by atoms with Crippen LogP contribution in [0.3, 0.4) is 0 Å². The highest BCUT2D eigenvalue weighted by molar-refractivity contribution is 9.10. The summed E-state index contributed by atoms with van der Waals surface area (Å²) >= 11 is 3.25. The average molecular weight is 274 g/mol. The first-order valence-electron chi connectivity index (χ1n) is 4.80.